The van der Waals surface area contributed by atoms with Gasteiger partial charge in [0.05, 0.1) is 0 Å². The van der Waals surface area contributed by atoms with Crippen molar-refractivity contribution in [1.29, 1.82) is 0 Å². The highest BCUT2D eigenvalue weighted by molar-refractivity contribution is 8.00. The van der Waals surface area contributed by atoms with Crippen molar-refractivity contribution < 1.29 is 8.42 Å². The fourth-order valence-electron chi connectivity index (χ4n) is 2.90. The molecule has 6 heteroatoms. The van der Waals surface area contributed by atoms with Crippen LogP contribution in [0.1, 0.15) is 19.8 Å². The van der Waals surface area contributed by atoms with E-state index in [-0.39, 0.29) is 5.37 Å². The summed E-state index contributed by atoms with van der Waals surface area (Å²) in [6.45, 7) is 5.07. The summed E-state index contributed by atoms with van der Waals surface area (Å²) in [7, 11) is -2.96. The Morgan fingerprint density at radius 2 is 2.17 bits per heavy atom. The van der Waals surface area contributed by atoms with Crippen LogP contribution in [0.25, 0.3) is 0 Å². The summed E-state index contributed by atoms with van der Waals surface area (Å²) >= 11 is 1.77. The number of rotatable bonds is 5. The molecular weight excluding hydrogens is 268 g/mol. The Morgan fingerprint density at radius 3 is 2.72 bits per heavy atom. The maximum absolute atomic E-state index is 11.9. The maximum atomic E-state index is 11.9. The molecule has 0 aromatic carbocycles. The van der Waals surface area contributed by atoms with E-state index in [1.165, 1.54) is 12.7 Å². The minimum atomic E-state index is -2.96. The van der Waals surface area contributed by atoms with Crippen LogP contribution in [0.2, 0.25) is 0 Å². The van der Waals surface area contributed by atoms with Crippen LogP contribution in [0.3, 0.4) is 0 Å². The molecule has 3 atom stereocenters. The predicted octanol–water partition coefficient (Wildman–Crippen LogP) is 0.794. The number of sulfone groups is 1. The van der Waals surface area contributed by atoms with Gasteiger partial charge in [0.25, 0.3) is 0 Å². The molecule has 1 saturated heterocycles. The first-order valence-corrected chi connectivity index (χ1v) is 9.88. The van der Waals surface area contributed by atoms with Gasteiger partial charge in [-0.15, -0.1) is 0 Å². The fraction of sp³-hybridized carbons (Fsp3) is 1.00. The van der Waals surface area contributed by atoms with E-state index in [0.717, 1.165) is 37.6 Å². The largest absolute Gasteiger partial charge is 0.317 e. The minimum absolute atomic E-state index is 0.259. The lowest BCUT2D eigenvalue weighted by Gasteiger charge is -2.48. The highest BCUT2D eigenvalue weighted by Gasteiger charge is 2.42. The molecule has 1 heterocycles. The Hall–Kier alpha value is 0.220. The zero-order valence-electron chi connectivity index (χ0n) is 11.3. The van der Waals surface area contributed by atoms with Gasteiger partial charge in [-0.2, -0.15) is 11.8 Å². The second-order valence-electron chi connectivity index (χ2n) is 5.31. The molecule has 2 aliphatic rings. The van der Waals surface area contributed by atoms with Gasteiger partial charge in [-0.25, -0.2) is 8.42 Å². The Bertz CT molecular complexity index is 372. The van der Waals surface area contributed by atoms with Gasteiger partial charge in [-0.3, -0.25) is 4.90 Å². The lowest BCUT2D eigenvalue weighted by Crippen LogP contribution is -2.58. The predicted molar refractivity (Wildman–Crippen MR) is 77.7 cm³/mol. The van der Waals surface area contributed by atoms with Gasteiger partial charge in [-0.1, -0.05) is 6.92 Å². The summed E-state index contributed by atoms with van der Waals surface area (Å²) in [6.07, 6.45) is 3.78. The second kappa shape index (κ2) is 6.11. The smallest absolute Gasteiger partial charge is 0.164 e. The number of hydrogen-bond acceptors (Lipinski definition) is 5. The maximum Gasteiger partial charge on any atom is 0.164 e. The fourth-order valence-corrected chi connectivity index (χ4v) is 5.83. The molecule has 0 aromatic rings. The standard InChI is InChI=1S/C12H24N2O2S2/c1-3-13-8-10-4-5-11(10)14-6-7-17-9-12(14)18(2,15)16/h10-13H,3-9H2,1-2H3. The summed E-state index contributed by atoms with van der Waals surface area (Å²) < 4.78 is 23.8. The van der Waals surface area contributed by atoms with E-state index >= 15 is 0 Å². The summed E-state index contributed by atoms with van der Waals surface area (Å²) in [5.74, 6) is 2.44. The molecule has 0 radical (unpaired) electrons. The molecule has 1 aliphatic heterocycles. The number of thioether (sulfide) groups is 1. The van der Waals surface area contributed by atoms with E-state index in [4.69, 9.17) is 0 Å². The quantitative estimate of drug-likeness (QED) is 0.812. The molecule has 4 nitrogen and oxygen atoms in total. The molecule has 0 amide bonds. The van der Waals surface area contributed by atoms with Crippen LogP contribution in [0.5, 0.6) is 0 Å². The number of nitrogens with one attached hydrogen (secondary N) is 1. The monoisotopic (exact) mass is 292 g/mol. The van der Waals surface area contributed by atoms with E-state index in [1.54, 1.807) is 11.8 Å². The van der Waals surface area contributed by atoms with Gasteiger partial charge in [-0.05, 0) is 31.8 Å². The molecule has 18 heavy (non-hydrogen) atoms. The van der Waals surface area contributed by atoms with Crippen molar-refractivity contribution in [2.45, 2.75) is 31.2 Å². The molecule has 1 aliphatic carbocycles. The van der Waals surface area contributed by atoms with E-state index in [2.05, 4.69) is 17.1 Å². The van der Waals surface area contributed by atoms with Crippen LogP contribution >= 0.6 is 11.8 Å². The molecule has 106 valence electrons. The molecule has 0 bridgehead atoms. The third kappa shape index (κ3) is 3.21. The van der Waals surface area contributed by atoms with E-state index < -0.39 is 9.84 Å². The van der Waals surface area contributed by atoms with Crippen molar-refractivity contribution >= 4 is 21.6 Å². The molecular formula is C12H24N2O2S2. The van der Waals surface area contributed by atoms with Crippen LogP contribution in [0, 0.1) is 5.92 Å². The second-order valence-corrected chi connectivity index (χ2v) is 8.66. The molecule has 1 saturated carbocycles. The van der Waals surface area contributed by atoms with Crippen molar-refractivity contribution in [2.24, 2.45) is 5.92 Å². The van der Waals surface area contributed by atoms with Crippen LogP contribution in [0.4, 0.5) is 0 Å². The number of hydrogen-bond donors (Lipinski definition) is 1. The van der Waals surface area contributed by atoms with Gasteiger partial charge in [0.15, 0.2) is 9.84 Å². The highest BCUT2D eigenvalue weighted by Crippen LogP contribution is 2.36. The van der Waals surface area contributed by atoms with Gasteiger partial charge in [0.2, 0.25) is 0 Å². The average Bonchev–Trinajstić information content (AvgIpc) is 2.27. The summed E-state index contributed by atoms with van der Waals surface area (Å²) in [5, 5.41) is 3.13. The molecule has 0 spiro atoms. The topological polar surface area (TPSA) is 49.4 Å². The van der Waals surface area contributed by atoms with Crippen LogP contribution < -0.4 is 5.32 Å². The number of nitrogens with zero attached hydrogens (tertiary/aromatic N) is 1. The first-order valence-electron chi connectivity index (χ1n) is 6.77. The highest BCUT2D eigenvalue weighted by atomic mass is 32.2. The SMILES string of the molecule is CCNCC1CCC1N1CCSCC1S(C)(=O)=O. The van der Waals surface area contributed by atoms with Gasteiger partial charge >= 0.3 is 0 Å². The Kier molecular flexibility index (Phi) is 4.97. The first-order chi connectivity index (χ1) is 8.54. The summed E-state index contributed by atoms with van der Waals surface area (Å²) in [4.78, 5) is 2.26. The normalized spacial score (nSPS) is 34.2. The molecule has 1 N–H and O–H groups in total. The Balaban J connectivity index is 2.01. The van der Waals surface area contributed by atoms with Crippen molar-refractivity contribution in [3.63, 3.8) is 0 Å². The third-order valence-electron chi connectivity index (χ3n) is 4.08. The van der Waals surface area contributed by atoms with Gasteiger partial charge in [0, 0.05) is 30.3 Å². The third-order valence-corrected chi connectivity index (χ3v) is 6.74. The van der Waals surface area contributed by atoms with Crippen LogP contribution in [0.15, 0.2) is 0 Å². The van der Waals surface area contributed by atoms with E-state index in [9.17, 15) is 8.42 Å². The summed E-state index contributed by atoms with van der Waals surface area (Å²) in [6, 6.07) is 0.477. The van der Waals surface area contributed by atoms with Crippen LogP contribution in [-0.4, -0.2) is 62.1 Å². The van der Waals surface area contributed by atoms with Crippen molar-refractivity contribution in [1.82, 2.24) is 10.2 Å². The molecule has 2 rings (SSSR count). The Labute approximate surface area is 115 Å². The van der Waals surface area contributed by atoms with Gasteiger partial charge < -0.3 is 5.32 Å². The van der Waals surface area contributed by atoms with Crippen LogP contribution in [-0.2, 0) is 9.84 Å². The average molecular weight is 292 g/mol. The lowest BCUT2D eigenvalue weighted by atomic mass is 9.78. The van der Waals surface area contributed by atoms with Crippen molar-refractivity contribution in [3.05, 3.63) is 0 Å². The first kappa shape index (κ1) is 14.6. The Morgan fingerprint density at radius 1 is 1.39 bits per heavy atom. The minimum Gasteiger partial charge on any atom is -0.317 e. The van der Waals surface area contributed by atoms with Crippen molar-refractivity contribution in [3.8, 4) is 0 Å². The van der Waals surface area contributed by atoms with E-state index in [0.29, 0.717) is 12.0 Å². The van der Waals surface area contributed by atoms with E-state index in [1.807, 2.05) is 0 Å². The molecule has 0 aromatic heterocycles. The van der Waals surface area contributed by atoms with Gasteiger partial charge in [0.1, 0.15) is 5.37 Å². The molecule has 2 fully saturated rings. The molecule has 3 unspecified atom stereocenters. The van der Waals surface area contributed by atoms with Crippen molar-refractivity contribution in [2.75, 3.05) is 37.4 Å². The zero-order valence-corrected chi connectivity index (χ0v) is 12.9. The summed E-state index contributed by atoms with van der Waals surface area (Å²) in [5.41, 5.74) is 0. The lowest BCUT2D eigenvalue weighted by molar-refractivity contribution is 0.0589. The zero-order chi connectivity index (χ0) is 13.2.